The molecule has 2 aromatic heterocycles. The van der Waals surface area contributed by atoms with Crippen LogP contribution in [0.1, 0.15) is 222 Å². The molecule has 416 valence electrons. The number of rotatable bonds is 2. The summed E-state index contributed by atoms with van der Waals surface area (Å²) in [4.78, 5) is 2.04. The lowest BCUT2D eigenvalue weighted by Gasteiger charge is -2.27. The summed E-state index contributed by atoms with van der Waals surface area (Å²) in [6.07, 6.45) is 0. The Morgan fingerprint density at radius 3 is 0.731 bits per heavy atom. The standard InChI is InChI=1S/C70H90O5P2S/c1-39-27-53(76-72-57-45(31-41(63(3,4)5)35-49(57)67(15,16)17)46-32-42(64(6,7)8)36-50(58(46)73-76)68(18,19)20)61-55(29-39)78-56-30-40(2)28-54(62(56)71-61)77-74-59-47(33-43(65(9,10)11)37-51(59)69(21,22)23)48-34-44(66(12,13)14)38-52(60(48)75-77)70(24,25)26/h27-38H,1-26H3. The van der Waals surface area contributed by atoms with Crippen LogP contribution in [0.25, 0.3) is 54.5 Å². The van der Waals surface area contributed by atoms with Crippen LogP contribution in [-0.4, -0.2) is 0 Å². The molecule has 5 nitrogen and oxygen atoms in total. The maximum absolute atomic E-state index is 7.68. The Kier molecular flexibility index (Phi) is 14.1. The van der Waals surface area contributed by atoms with Crippen LogP contribution in [0.15, 0.2) is 99.4 Å². The van der Waals surface area contributed by atoms with Crippen molar-refractivity contribution in [3.63, 3.8) is 0 Å². The van der Waals surface area contributed by atoms with Gasteiger partial charge in [0.25, 0.3) is 16.0 Å². The van der Waals surface area contributed by atoms with Gasteiger partial charge in [-0.3, -0.25) is 0 Å². The average Bonchev–Trinajstić information content (AvgIpc) is 3.73. The van der Waals surface area contributed by atoms with Gasteiger partial charge in [0.1, 0.15) is 32.9 Å². The van der Waals surface area contributed by atoms with E-state index >= 15 is 0 Å². The third-order valence-corrected chi connectivity index (χ3v) is 19.4. The number of aryl methyl sites for hydroxylation is 2. The van der Waals surface area contributed by atoms with Gasteiger partial charge in [-0.2, -0.15) is 0 Å². The molecule has 0 fully saturated rings. The first-order valence-electron chi connectivity index (χ1n) is 28.2. The van der Waals surface area contributed by atoms with Crippen LogP contribution < -0.4 is 4.74 Å². The van der Waals surface area contributed by atoms with E-state index in [2.05, 4.69) is 253 Å². The molecule has 0 saturated heterocycles. The quantitative estimate of drug-likeness (QED) is 0.172. The SMILES string of the molecule is Cc1cc2c(c(-p3oc4c(C(C)(C)C)cc(C(C)(C)C)cc4c4cc(C(C)(C)C)cc(C(C)(C)C)c4o3)c1)Oc1c(cc(C)cc1-p1oc3c(C(C)(C)C)cc(C(C)(C)C)cc3c3cc(C(C)(C)C)cc(C(C)(C)C)c3o1)S2. The van der Waals surface area contributed by atoms with E-state index in [1.165, 1.54) is 22.3 Å². The first-order valence-corrected chi connectivity index (χ1v) is 31.4. The van der Waals surface area contributed by atoms with Gasteiger partial charge >= 0.3 is 0 Å². The van der Waals surface area contributed by atoms with E-state index in [1.54, 1.807) is 11.8 Å². The molecule has 8 heteroatoms. The fourth-order valence-electron chi connectivity index (χ4n) is 10.5. The van der Waals surface area contributed by atoms with Crippen LogP contribution in [0.2, 0.25) is 0 Å². The monoisotopic (exact) mass is 1100 g/mol. The van der Waals surface area contributed by atoms with Gasteiger partial charge in [-0.1, -0.05) is 202 Å². The van der Waals surface area contributed by atoms with Crippen LogP contribution in [0, 0.1) is 13.8 Å². The van der Waals surface area contributed by atoms with Crippen molar-refractivity contribution in [3.8, 4) is 22.1 Å². The van der Waals surface area contributed by atoms with Gasteiger partial charge in [-0.05, 0) is 139 Å². The van der Waals surface area contributed by atoms with Crippen molar-refractivity contribution in [1.29, 1.82) is 0 Å². The molecule has 9 rings (SSSR count). The Morgan fingerprint density at radius 2 is 0.526 bits per heavy atom. The van der Waals surface area contributed by atoms with E-state index in [0.717, 1.165) is 109 Å². The van der Waals surface area contributed by atoms with Crippen LogP contribution in [0.3, 0.4) is 0 Å². The van der Waals surface area contributed by atoms with Crippen LogP contribution in [0.5, 0.6) is 11.5 Å². The fraction of sp³-hybridized carbons (Fsp3) is 0.486. The van der Waals surface area contributed by atoms with E-state index < -0.39 is 16.0 Å². The second-order valence-electron chi connectivity index (χ2n) is 30.9. The molecule has 0 spiro atoms. The molecule has 0 bridgehead atoms. The Balaban J connectivity index is 1.42. The fourth-order valence-corrected chi connectivity index (χ4v) is 15.1. The third kappa shape index (κ3) is 11.0. The molecule has 0 atom stereocenters. The van der Waals surface area contributed by atoms with E-state index in [-0.39, 0.29) is 43.3 Å². The predicted molar refractivity (Wildman–Crippen MR) is 339 cm³/mol. The zero-order valence-corrected chi connectivity index (χ0v) is 54.9. The van der Waals surface area contributed by atoms with Gasteiger partial charge in [-0.15, -0.1) is 0 Å². The van der Waals surface area contributed by atoms with Gasteiger partial charge in [-0.25, -0.2) is 0 Å². The lowest BCUT2D eigenvalue weighted by Crippen LogP contribution is -2.17. The Morgan fingerprint density at radius 1 is 0.295 bits per heavy atom. The van der Waals surface area contributed by atoms with E-state index in [9.17, 15) is 0 Å². The number of ether oxygens (including phenoxy) is 1. The molecule has 0 amide bonds. The van der Waals surface area contributed by atoms with Crippen LogP contribution in [0.4, 0.5) is 0 Å². The molecule has 3 heterocycles. The molecular formula is C70H90O5P2S. The van der Waals surface area contributed by atoms with E-state index in [0.29, 0.717) is 0 Å². The Hall–Kier alpha value is -4.73. The molecule has 1 aliphatic rings. The van der Waals surface area contributed by atoms with Crippen molar-refractivity contribution in [2.24, 2.45) is 0 Å². The van der Waals surface area contributed by atoms with Gasteiger partial charge < -0.3 is 21.5 Å². The Bertz CT molecular complexity index is 3390. The van der Waals surface area contributed by atoms with Gasteiger partial charge in [0.2, 0.25) is 0 Å². The summed E-state index contributed by atoms with van der Waals surface area (Å²) in [7, 11) is -3.70. The number of fused-ring (bicyclic) bond motifs is 8. The maximum atomic E-state index is 7.68. The minimum absolute atomic E-state index is 0.116. The molecule has 1 aliphatic heterocycles. The number of hydrogen-bond acceptors (Lipinski definition) is 6. The molecule has 8 aromatic rings. The smallest absolute Gasteiger partial charge is 0.256 e. The first-order chi connectivity index (χ1) is 35.5. The molecular weight excluding hydrogens is 1010 g/mol. The summed E-state index contributed by atoms with van der Waals surface area (Å²) in [6, 6.07) is 28.0. The highest BCUT2D eigenvalue weighted by Gasteiger charge is 2.35. The third-order valence-electron chi connectivity index (χ3n) is 15.5. The van der Waals surface area contributed by atoms with Crippen molar-refractivity contribution in [2.45, 2.75) is 233 Å². The summed E-state index contributed by atoms with van der Waals surface area (Å²) >= 11 is 1.74. The summed E-state index contributed by atoms with van der Waals surface area (Å²) in [6.45, 7) is 59.6. The van der Waals surface area contributed by atoms with Crippen LogP contribution in [-0.2, 0) is 43.3 Å². The summed E-state index contributed by atoms with van der Waals surface area (Å²) < 4.78 is 38.3. The molecule has 6 aromatic carbocycles. The molecule has 0 saturated carbocycles. The van der Waals surface area contributed by atoms with Crippen molar-refractivity contribution in [1.82, 2.24) is 0 Å². The molecule has 0 unspecified atom stereocenters. The maximum Gasteiger partial charge on any atom is 0.256 e. The zero-order chi connectivity index (χ0) is 57.7. The van der Waals surface area contributed by atoms with E-state index in [1.807, 2.05) is 0 Å². The normalized spacial score (nSPS) is 14.1. The van der Waals surface area contributed by atoms with Gasteiger partial charge in [0, 0.05) is 43.8 Å². The topological polar surface area (TPSA) is 61.8 Å². The van der Waals surface area contributed by atoms with Gasteiger partial charge in [0.05, 0.1) is 9.79 Å². The Labute approximate surface area is 474 Å². The second kappa shape index (κ2) is 18.9. The lowest BCUT2D eigenvalue weighted by atomic mass is 9.77. The van der Waals surface area contributed by atoms with Crippen LogP contribution >= 0.6 is 27.8 Å². The van der Waals surface area contributed by atoms with Crippen molar-refractivity contribution < 1.29 is 21.5 Å². The minimum Gasteiger partial charge on any atom is -0.453 e. The van der Waals surface area contributed by atoms with Crippen molar-refractivity contribution >= 4 is 71.7 Å². The number of hydrogen-bond donors (Lipinski definition) is 0. The highest BCUT2D eigenvalue weighted by Crippen LogP contribution is 2.62. The van der Waals surface area contributed by atoms with Crippen molar-refractivity contribution in [3.05, 3.63) is 128 Å². The van der Waals surface area contributed by atoms with Gasteiger partial charge in [0.15, 0.2) is 11.5 Å². The highest BCUT2D eigenvalue weighted by atomic mass is 32.2. The molecule has 78 heavy (non-hydrogen) atoms. The largest absolute Gasteiger partial charge is 0.453 e. The molecule has 0 radical (unpaired) electrons. The summed E-state index contributed by atoms with van der Waals surface area (Å²) in [5.74, 6) is 1.49. The predicted octanol–water partition coefficient (Wildman–Crippen LogP) is 24.1. The molecule has 0 N–H and O–H groups in total. The zero-order valence-electron chi connectivity index (χ0n) is 52.3. The lowest BCUT2D eigenvalue weighted by molar-refractivity contribution is 0.458. The van der Waals surface area contributed by atoms with E-state index in [4.69, 9.17) is 21.5 Å². The summed E-state index contributed by atoms with van der Waals surface area (Å²) in [5, 5.41) is 6.07. The first kappa shape index (κ1) is 57.9. The average molecular weight is 1110 g/mol. The highest BCUT2D eigenvalue weighted by molar-refractivity contribution is 7.99. The minimum atomic E-state index is -1.85. The number of benzene rings is 6. The molecule has 0 aliphatic carbocycles. The summed E-state index contributed by atoms with van der Waals surface area (Å²) in [5.41, 5.74) is 13.9. The second-order valence-corrected chi connectivity index (χ2v) is 34.7. The van der Waals surface area contributed by atoms with Crippen molar-refractivity contribution in [2.75, 3.05) is 0 Å².